The Hall–Kier alpha value is -1.12. The first-order valence-corrected chi connectivity index (χ1v) is 5.78. The highest BCUT2D eigenvalue weighted by atomic mass is 19.3. The third kappa shape index (κ3) is 25.3. The summed E-state index contributed by atoms with van der Waals surface area (Å²) in [6.45, 7) is 10.2. The minimum atomic E-state index is -1.75. The Morgan fingerprint density at radius 1 is 1.29 bits per heavy atom. The number of hydrogen-bond acceptors (Lipinski definition) is 1. The molecule has 0 aromatic carbocycles. The highest BCUT2D eigenvalue weighted by Gasteiger charge is 1.84. The summed E-state index contributed by atoms with van der Waals surface area (Å²) in [5, 5.41) is 0. The fraction of sp³-hybridized carbons (Fsp3) is 0.571. The third-order valence-electron chi connectivity index (χ3n) is 1.70. The van der Waals surface area contributed by atoms with Crippen molar-refractivity contribution in [1.29, 1.82) is 0 Å². The minimum absolute atomic E-state index is 0.924. The molecule has 0 fully saturated rings. The van der Waals surface area contributed by atoms with Gasteiger partial charge in [-0.15, -0.1) is 0 Å². The van der Waals surface area contributed by atoms with E-state index in [1.54, 1.807) is 7.11 Å². The van der Waals surface area contributed by atoms with E-state index in [0.29, 0.717) is 0 Å². The Morgan fingerprint density at radius 2 is 1.76 bits per heavy atom. The number of allylic oxidation sites excluding steroid dienone is 5. The lowest BCUT2D eigenvalue weighted by atomic mass is 10.1. The fourth-order valence-electron chi connectivity index (χ4n) is 0.651. The highest BCUT2D eigenvalue weighted by Crippen LogP contribution is 2.03. The zero-order valence-corrected chi connectivity index (χ0v) is 11.7. The summed E-state index contributed by atoms with van der Waals surface area (Å²) in [5.74, 6) is 0.924. The molecule has 0 N–H and O–H groups in total. The van der Waals surface area contributed by atoms with E-state index in [2.05, 4.69) is 19.6 Å². The molecule has 0 saturated heterocycles. The predicted molar refractivity (Wildman–Crippen MR) is 72.4 cm³/mol. The second kappa shape index (κ2) is 20.3. The molecule has 0 aliphatic carbocycles. The minimum Gasteiger partial charge on any atom is -0.501 e. The average Bonchev–Trinajstić information content (AvgIpc) is 2.37. The van der Waals surface area contributed by atoms with Crippen molar-refractivity contribution in [2.24, 2.45) is 0 Å². The lowest BCUT2D eigenvalue weighted by molar-refractivity contribution is 0.293. The Bertz CT molecular complexity index is 208. The van der Waals surface area contributed by atoms with Gasteiger partial charge in [-0.2, -0.15) is 0 Å². The zero-order chi connectivity index (χ0) is 14.1. The van der Waals surface area contributed by atoms with E-state index < -0.39 is 6.93 Å². The number of ether oxygens (including phenoxy) is 1. The van der Waals surface area contributed by atoms with Gasteiger partial charge in [0.05, 0.1) is 12.9 Å². The summed E-state index contributed by atoms with van der Waals surface area (Å²) in [7, 11) is 1.67. The Labute approximate surface area is 105 Å². The molecule has 0 atom stereocenters. The highest BCUT2D eigenvalue weighted by molar-refractivity contribution is 5.09. The van der Waals surface area contributed by atoms with Crippen molar-refractivity contribution >= 4 is 0 Å². The molecule has 0 aliphatic rings. The van der Waals surface area contributed by atoms with Crippen molar-refractivity contribution in [3.05, 3.63) is 36.1 Å². The van der Waals surface area contributed by atoms with Gasteiger partial charge in [0.15, 0.2) is 0 Å². The SMILES string of the molecule is C=C(CC)CC=C/C=C(\C)OC.CC.FCF. The van der Waals surface area contributed by atoms with Crippen molar-refractivity contribution in [3.63, 3.8) is 0 Å². The van der Waals surface area contributed by atoms with E-state index in [1.165, 1.54) is 5.57 Å². The molecule has 0 aromatic heterocycles. The average molecular weight is 248 g/mol. The molecule has 0 aromatic rings. The standard InChI is InChI=1S/C11H18O.C2H6.CH2F2/c1-5-10(2)8-6-7-9-11(3)12-4;1-2;2-1-3/h6-7,9H,2,5,8H2,1,3-4H3;1-2H3;1H2/b7-6?,11-9+;;. The normalized spacial score (nSPS) is 9.94. The Balaban J connectivity index is -0.000000337. The number of hydrogen-bond donors (Lipinski definition) is 0. The predicted octanol–water partition coefficient (Wildman–Crippen LogP) is 5.36. The van der Waals surface area contributed by atoms with Gasteiger partial charge in [-0.25, -0.2) is 8.78 Å². The smallest absolute Gasteiger partial charge is 0.229 e. The second-order valence-electron chi connectivity index (χ2n) is 2.82. The molecule has 0 unspecified atom stereocenters. The van der Waals surface area contributed by atoms with Crippen LogP contribution in [0.4, 0.5) is 8.78 Å². The molecule has 0 amide bonds. The van der Waals surface area contributed by atoms with Gasteiger partial charge in [0.25, 0.3) is 0 Å². The molecular formula is C14H26F2O. The molecule has 0 heterocycles. The van der Waals surface area contributed by atoms with Crippen molar-refractivity contribution in [1.82, 2.24) is 0 Å². The number of rotatable bonds is 5. The molecule has 0 spiro atoms. The maximum absolute atomic E-state index is 9.62. The summed E-state index contributed by atoms with van der Waals surface area (Å²) in [5.41, 5.74) is 1.26. The van der Waals surface area contributed by atoms with Gasteiger partial charge in [-0.3, -0.25) is 0 Å². The lowest BCUT2D eigenvalue weighted by Gasteiger charge is -1.95. The maximum Gasteiger partial charge on any atom is 0.229 e. The van der Waals surface area contributed by atoms with E-state index in [9.17, 15) is 8.78 Å². The van der Waals surface area contributed by atoms with E-state index in [4.69, 9.17) is 4.74 Å². The molecule has 0 radical (unpaired) electrons. The van der Waals surface area contributed by atoms with Crippen LogP contribution in [0.25, 0.3) is 0 Å². The van der Waals surface area contributed by atoms with Crippen molar-refractivity contribution in [2.75, 3.05) is 14.0 Å². The van der Waals surface area contributed by atoms with Crippen molar-refractivity contribution in [3.8, 4) is 0 Å². The van der Waals surface area contributed by atoms with Gasteiger partial charge in [-0.1, -0.05) is 45.1 Å². The van der Waals surface area contributed by atoms with Gasteiger partial charge in [0.2, 0.25) is 6.93 Å². The van der Waals surface area contributed by atoms with Crippen LogP contribution in [0.2, 0.25) is 0 Å². The molecule has 0 saturated carbocycles. The first-order valence-electron chi connectivity index (χ1n) is 5.78. The third-order valence-corrected chi connectivity index (χ3v) is 1.70. The van der Waals surface area contributed by atoms with Gasteiger partial charge in [0, 0.05) is 0 Å². The van der Waals surface area contributed by atoms with Crippen LogP contribution in [0.5, 0.6) is 0 Å². The monoisotopic (exact) mass is 248 g/mol. The number of methoxy groups -OCH3 is 1. The van der Waals surface area contributed by atoms with E-state index in [0.717, 1.165) is 18.6 Å². The van der Waals surface area contributed by atoms with Crippen LogP contribution < -0.4 is 0 Å². The Kier molecular flexibility index (Phi) is 25.3. The molecule has 0 bridgehead atoms. The molecule has 17 heavy (non-hydrogen) atoms. The van der Waals surface area contributed by atoms with Crippen LogP contribution in [-0.4, -0.2) is 14.0 Å². The second-order valence-corrected chi connectivity index (χ2v) is 2.82. The Morgan fingerprint density at radius 3 is 2.12 bits per heavy atom. The van der Waals surface area contributed by atoms with Gasteiger partial charge < -0.3 is 4.74 Å². The summed E-state index contributed by atoms with van der Waals surface area (Å²) in [6.07, 6.45) is 8.05. The van der Waals surface area contributed by atoms with E-state index in [1.807, 2.05) is 32.9 Å². The van der Waals surface area contributed by atoms with E-state index >= 15 is 0 Å². The molecular weight excluding hydrogens is 222 g/mol. The van der Waals surface area contributed by atoms with Crippen LogP contribution in [0, 0.1) is 0 Å². The number of halogens is 2. The van der Waals surface area contributed by atoms with Gasteiger partial charge in [-0.05, 0) is 25.8 Å². The van der Waals surface area contributed by atoms with Gasteiger partial charge >= 0.3 is 0 Å². The van der Waals surface area contributed by atoms with E-state index in [-0.39, 0.29) is 0 Å². The summed E-state index contributed by atoms with van der Waals surface area (Å²) in [4.78, 5) is 0. The lowest BCUT2D eigenvalue weighted by Crippen LogP contribution is -1.76. The summed E-state index contributed by atoms with van der Waals surface area (Å²) in [6, 6.07) is 0. The first kappa shape index (κ1) is 21.2. The number of alkyl halides is 2. The topological polar surface area (TPSA) is 9.23 Å². The van der Waals surface area contributed by atoms with Crippen LogP contribution in [0.3, 0.4) is 0 Å². The fourth-order valence-corrected chi connectivity index (χ4v) is 0.651. The van der Waals surface area contributed by atoms with Gasteiger partial charge in [0.1, 0.15) is 0 Å². The largest absolute Gasteiger partial charge is 0.501 e. The van der Waals surface area contributed by atoms with Crippen LogP contribution in [0.1, 0.15) is 40.5 Å². The molecule has 3 heteroatoms. The molecule has 1 nitrogen and oxygen atoms in total. The zero-order valence-electron chi connectivity index (χ0n) is 11.7. The van der Waals surface area contributed by atoms with Crippen LogP contribution in [0.15, 0.2) is 36.1 Å². The maximum atomic E-state index is 9.62. The quantitative estimate of drug-likeness (QED) is 0.361. The first-order chi connectivity index (χ1) is 8.12. The van der Waals surface area contributed by atoms with Crippen molar-refractivity contribution < 1.29 is 13.5 Å². The molecule has 0 aliphatic heterocycles. The van der Waals surface area contributed by atoms with Crippen molar-refractivity contribution in [2.45, 2.75) is 40.5 Å². The molecule has 0 rings (SSSR count). The van der Waals surface area contributed by atoms with Crippen LogP contribution >= 0.6 is 0 Å². The molecule has 102 valence electrons. The summed E-state index contributed by atoms with van der Waals surface area (Å²) < 4.78 is 24.2. The summed E-state index contributed by atoms with van der Waals surface area (Å²) >= 11 is 0. The van der Waals surface area contributed by atoms with Crippen LogP contribution in [-0.2, 0) is 4.74 Å².